The van der Waals surface area contributed by atoms with Crippen LogP contribution in [-0.2, 0) is 5.75 Å². The van der Waals surface area contributed by atoms with E-state index in [0.29, 0.717) is 15.3 Å². The van der Waals surface area contributed by atoms with Crippen LogP contribution in [0, 0.1) is 0 Å². The smallest absolute Gasteiger partial charge is 0.257 e. The number of thioether (sulfide) groups is 1. The van der Waals surface area contributed by atoms with E-state index in [2.05, 4.69) is 14.6 Å². The number of aromatic nitrogens is 3. The molecule has 2 aromatic heterocycles. The summed E-state index contributed by atoms with van der Waals surface area (Å²) in [4.78, 5) is 4.35. The zero-order valence-electron chi connectivity index (χ0n) is 8.46. The van der Waals surface area contributed by atoms with Crippen molar-refractivity contribution >= 4 is 46.0 Å². The number of hydrogen-bond donors (Lipinski definition) is 0. The molecule has 0 unspecified atom stereocenters. The van der Waals surface area contributed by atoms with Gasteiger partial charge in [-0.15, -0.1) is 5.10 Å². The maximum absolute atomic E-state index is 5.91. The summed E-state index contributed by atoms with van der Waals surface area (Å²) in [7, 11) is 0. The summed E-state index contributed by atoms with van der Waals surface area (Å²) in [5.74, 6) is 0.613. The number of halogens is 1. The third-order valence-corrected chi connectivity index (χ3v) is 3.94. The summed E-state index contributed by atoms with van der Waals surface area (Å²) >= 11 is 8.56. The first-order valence-corrected chi connectivity index (χ1v) is 6.92. The lowest BCUT2D eigenvalue weighted by Gasteiger charge is -1.91. The van der Waals surface area contributed by atoms with Gasteiger partial charge in [0.1, 0.15) is 15.5 Å². The molecule has 0 aliphatic heterocycles. The van der Waals surface area contributed by atoms with E-state index in [9.17, 15) is 0 Å². The average Bonchev–Trinajstić information content (AvgIpc) is 2.92. The number of fused-ring (bicyclic) bond motifs is 1. The molecule has 3 aromatic rings. The minimum Gasteiger partial charge on any atom is -0.431 e. The molecule has 0 aliphatic rings. The van der Waals surface area contributed by atoms with E-state index in [1.165, 1.54) is 23.3 Å². The van der Waals surface area contributed by atoms with Gasteiger partial charge < -0.3 is 4.42 Å². The molecule has 0 saturated carbocycles. The molecule has 7 heteroatoms. The predicted molar refractivity (Wildman–Crippen MR) is 68.5 cm³/mol. The summed E-state index contributed by atoms with van der Waals surface area (Å²) in [5.41, 5.74) is 2.42. The first-order chi connectivity index (χ1) is 8.33. The standard InChI is InChI=1S/C10H6ClN3OS2/c11-9-7(13-14-17-9)5-16-10-12-6-3-1-2-4-8(6)15-10/h1-4H,5H2. The number of oxazole rings is 1. The van der Waals surface area contributed by atoms with Gasteiger partial charge in [-0.05, 0) is 12.1 Å². The SMILES string of the molecule is Clc1snnc1CSc1nc2ccccc2o1. The van der Waals surface area contributed by atoms with Crippen molar-refractivity contribution in [2.45, 2.75) is 11.0 Å². The molecule has 0 aliphatic carbocycles. The fraction of sp³-hybridized carbons (Fsp3) is 0.100. The van der Waals surface area contributed by atoms with Gasteiger partial charge in [-0.2, -0.15) is 0 Å². The molecule has 0 amide bonds. The Bertz CT molecular complexity index is 619. The van der Waals surface area contributed by atoms with Gasteiger partial charge in [0.05, 0.1) is 0 Å². The van der Waals surface area contributed by atoms with Gasteiger partial charge in [0.25, 0.3) is 5.22 Å². The molecule has 86 valence electrons. The average molecular weight is 284 g/mol. The molecule has 0 N–H and O–H groups in total. The van der Waals surface area contributed by atoms with Gasteiger partial charge in [0.15, 0.2) is 5.58 Å². The van der Waals surface area contributed by atoms with E-state index >= 15 is 0 Å². The van der Waals surface area contributed by atoms with Crippen molar-refractivity contribution in [3.05, 3.63) is 34.3 Å². The molecular weight excluding hydrogens is 278 g/mol. The molecule has 17 heavy (non-hydrogen) atoms. The maximum Gasteiger partial charge on any atom is 0.257 e. The molecule has 0 bridgehead atoms. The van der Waals surface area contributed by atoms with Crippen LogP contribution in [0.4, 0.5) is 0 Å². The zero-order chi connectivity index (χ0) is 11.7. The van der Waals surface area contributed by atoms with Crippen LogP contribution in [0.3, 0.4) is 0 Å². The monoisotopic (exact) mass is 283 g/mol. The fourth-order valence-electron chi connectivity index (χ4n) is 1.33. The minimum atomic E-state index is 0.613. The van der Waals surface area contributed by atoms with E-state index in [1.807, 2.05) is 24.3 Å². The highest BCUT2D eigenvalue weighted by Gasteiger charge is 2.09. The summed E-state index contributed by atoms with van der Waals surface area (Å²) in [5, 5.41) is 4.55. The zero-order valence-corrected chi connectivity index (χ0v) is 10.8. The Balaban J connectivity index is 1.79. The van der Waals surface area contributed by atoms with Crippen molar-refractivity contribution in [1.82, 2.24) is 14.6 Å². The number of benzene rings is 1. The second-order valence-electron chi connectivity index (χ2n) is 3.23. The topological polar surface area (TPSA) is 51.8 Å². The largest absolute Gasteiger partial charge is 0.431 e. The molecular formula is C10H6ClN3OS2. The summed E-state index contributed by atoms with van der Waals surface area (Å²) < 4.78 is 9.96. The van der Waals surface area contributed by atoms with Crippen molar-refractivity contribution in [3.63, 3.8) is 0 Å². The van der Waals surface area contributed by atoms with Gasteiger partial charge in [0.2, 0.25) is 0 Å². The molecule has 2 heterocycles. The molecule has 0 atom stereocenters. The highest BCUT2D eigenvalue weighted by molar-refractivity contribution is 7.98. The van der Waals surface area contributed by atoms with Gasteiger partial charge in [0, 0.05) is 17.3 Å². The van der Waals surface area contributed by atoms with Crippen LogP contribution in [-0.4, -0.2) is 14.6 Å². The van der Waals surface area contributed by atoms with Crippen molar-refractivity contribution in [3.8, 4) is 0 Å². The van der Waals surface area contributed by atoms with Crippen LogP contribution < -0.4 is 0 Å². The van der Waals surface area contributed by atoms with Crippen LogP contribution in [0.25, 0.3) is 11.1 Å². The molecule has 1 aromatic carbocycles. The third-order valence-electron chi connectivity index (χ3n) is 2.12. The van der Waals surface area contributed by atoms with Gasteiger partial charge in [-0.1, -0.05) is 40.0 Å². The molecule has 0 saturated heterocycles. The van der Waals surface area contributed by atoms with Crippen LogP contribution in [0.15, 0.2) is 33.9 Å². The van der Waals surface area contributed by atoms with Crippen molar-refractivity contribution < 1.29 is 4.42 Å². The van der Waals surface area contributed by atoms with Crippen LogP contribution in [0.1, 0.15) is 5.69 Å². The van der Waals surface area contributed by atoms with E-state index < -0.39 is 0 Å². The lowest BCUT2D eigenvalue weighted by atomic mass is 10.3. The number of para-hydroxylation sites is 2. The van der Waals surface area contributed by atoms with Crippen molar-refractivity contribution in [2.75, 3.05) is 0 Å². The van der Waals surface area contributed by atoms with Gasteiger partial charge in [-0.3, -0.25) is 0 Å². The predicted octanol–water partition coefficient (Wildman–Crippen LogP) is 3.63. The van der Waals surface area contributed by atoms with Crippen molar-refractivity contribution in [1.29, 1.82) is 0 Å². The Morgan fingerprint density at radius 3 is 3.00 bits per heavy atom. The molecule has 0 fully saturated rings. The van der Waals surface area contributed by atoms with Crippen LogP contribution in [0.2, 0.25) is 4.34 Å². The first kappa shape index (κ1) is 11.0. The first-order valence-electron chi connectivity index (χ1n) is 4.78. The normalized spacial score (nSPS) is 11.1. The lowest BCUT2D eigenvalue weighted by Crippen LogP contribution is -1.81. The molecule has 4 nitrogen and oxygen atoms in total. The number of hydrogen-bond acceptors (Lipinski definition) is 6. The van der Waals surface area contributed by atoms with Crippen molar-refractivity contribution in [2.24, 2.45) is 0 Å². The van der Waals surface area contributed by atoms with Gasteiger partial charge >= 0.3 is 0 Å². The van der Waals surface area contributed by atoms with E-state index in [0.717, 1.165) is 16.8 Å². The van der Waals surface area contributed by atoms with Gasteiger partial charge in [-0.25, -0.2) is 4.98 Å². The van der Waals surface area contributed by atoms with E-state index in [1.54, 1.807) is 0 Å². The Morgan fingerprint density at radius 1 is 1.35 bits per heavy atom. The quantitative estimate of drug-likeness (QED) is 0.687. The van der Waals surface area contributed by atoms with Crippen LogP contribution >= 0.6 is 34.9 Å². The lowest BCUT2D eigenvalue weighted by molar-refractivity contribution is 0.489. The minimum absolute atomic E-state index is 0.613. The number of nitrogens with zero attached hydrogens (tertiary/aromatic N) is 3. The Morgan fingerprint density at radius 2 is 2.24 bits per heavy atom. The molecule has 3 rings (SSSR count). The Kier molecular flexibility index (Phi) is 3.00. The maximum atomic E-state index is 5.91. The van der Waals surface area contributed by atoms with Crippen LogP contribution in [0.5, 0.6) is 0 Å². The summed E-state index contributed by atoms with van der Waals surface area (Å²) in [6.07, 6.45) is 0. The Hall–Kier alpha value is -1.11. The van der Waals surface area contributed by atoms with E-state index in [4.69, 9.17) is 16.0 Å². The molecule has 0 spiro atoms. The number of rotatable bonds is 3. The Labute approximate surface area is 110 Å². The fourth-order valence-corrected chi connectivity index (χ4v) is 2.90. The third kappa shape index (κ3) is 2.29. The highest BCUT2D eigenvalue weighted by Crippen LogP contribution is 2.28. The summed E-state index contributed by atoms with van der Waals surface area (Å²) in [6, 6.07) is 7.66. The summed E-state index contributed by atoms with van der Waals surface area (Å²) in [6.45, 7) is 0. The highest BCUT2D eigenvalue weighted by atomic mass is 35.5. The second-order valence-corrected chi connectivity index (χ2v) is 5.51. The second kappa shape index (κ2) is 4.64. The van der Waals surface area contributed by atoms with E-state index in [-0.39, 0.29) is 0 Å². The molecule has 0 radical (unpaired) electrons.